The third-order valence-corrected chi connectivity index (χ3v) is 5.44. The van der Waals surface area contributed by atoms with Crippen LogP contribution in [-0.4, -0.2) is 41.8 Å². The lowest BCUT2D eigenvalue weighted by atomic mass is 9.91. The first-order valence-corrected chi connectivity index (χ1v) is 10.6. The number of carboxylic acid groups (broad SMARTS) is 1. The van der Waals surface area contributed by atoms with Gasteiger partial charge >= 0.3 is 5.97 Å². The molecule has 3 rings (SSSR count). The van der Waals surface area contributed by atoms with E-state index in [1.54, 1.807) is 0 Å². The monoisotopic (exact) mass is 417 g/mol. The van der Waals surface area contributed by atoms with Gasteiger partial charge in [-0.1, -0.05) is 36.2 Å². The largest absolute Gasteiger partial charge is 0.490 e. The molecule has 1 aliphatic heterocycles. The fraction of sp³-hybridized carbons (Fsp3) is 0.435. The minimum atomic E-state index is -0.785. The number of halogens is 1. The predicted octanol–water partition coefficient (Wildman–Crippen LogP) is 5.17. The van der Waals surface area contributed by atoms with Crippen LogP contribution in [0.15, 0.2) is 42.5 Å². The number of benzene rings is 2. The molecule has 29 heavy (non-hydrogen) atoms. The molecule has 1 fully saturated rings. The smallest absolute Gasteiger partial charge is 0.320 e. The second-order valence-electron chi connectivity index (χ2n) is 7.12. The quantitative estimate of drug-likeness (QED) is 0.642. The van der Waals surface area contributed by atoms with Crippen molar-refractivity contribution in [3.05, 3.63) is 58.6 Å². The first-order valence-electron chi connectivity index (χ1n) is 10.2. The Labute approximate surface area is 177 Å². The van der Waals surface area contributed by atoms with E-state index in [-0.39, 0.29) is 6.04 Å². The summed E-state index contributed by atoms with van der Waals surface area (Å²) in [4.78, 5) is 14.1. The van der Waals surface area contributed by atoms with Gasteiger partial charge in [0.15, 0.2) is 11.5 Å². The van der Waals surface area contributed by atoms with Gasteiger partial charge in [0.25, 0.3) is 0 Å². The lowest BCUT2D eigenvalue weighted by molar-refractivity contribution is -0.145. The SMILES string of the molecule is CCOc1ccc(C(c2cccc(Cl)c2)N2CCCCC2C(=O)O)cc1OCC. The molecule has 5 nitrogen and oxygen atoms in total. The summed E-state index contributed by atoms with van der Waals surface area (Å²) >= 11 is 6.28. The van der Waals surface area contributed by atoms with Gasteiger partial charge in [0.1, 0.15) is 6.04 Å². The first-order chi connectivity index (χ1) is 14.0. The van der Waals surface area contributed by atoms with E-state index in [9.17, 15) is 9.90 Å². The maximum Gasteiger partial charge on any atom is 0.320 e. The van der Waals surface area contributed by atoms with E-state index in [0.717, 1.165) is 24.0 Å². The van der Waals surface area contributed by atoms with Crippen LogP contribution in [-0.2, 0) is 4.79 Å². The normalized spacial score (nSPS) is 18.2. The number of piperidine rings is 1. The molecule has 1 saturated heterocycles. The molecule has 1 aliphatic rings. The van der Waals surface area contributed by atoms with E-state index in [4.69, 9.17) is 21.1 Å². The van der Waals surface area contributed by atoms with Crippen molar-refractivity contribution in [2.75, 3.05) is 19.8 Å². The minimum Gasteiger partial charge on any atom is -0.490 e. The summed E-state index contributed by atoms with van der Waals surface area (Å²) in [5.74, 6) is 0.576. The zero-order chi connectivity index (χ0) is 20.8. The Balaban J connectivity index is 2.10. The second kappa shape index (κ2) is 9.99. The molecule has 0 saturated carbocycles. The van der Waals surface area contributed by atoms with Crippen molar-refractivity contribution in [2.24, 2.45) is 0 Å². The van der Waals surface area contributed by atoms with Crippen LogP contribution in [0.2, 0.25) is 5.02 Å². The highest BCUT2D eigenvalue weighted by Gasteiger charge is 2.35. The third kappa shape index (κ3) is 5.03. The molecule has 156 valence electrons. The summed E-state index contributed by atoms with van der Waals surface area (Å²) in [5.41, 5.74) is 1.93. The average molecular weight is 418 g/mol. The van der Waals surface area contributed by atoms with Gasteiger partial charge < -0.3 is 14.6 Å². The van der Waals surface area contributed by atoms with Crippen LogP contribution in [0.4, 0.5) is 0 Å². The van der Waals surface area contributed by atoms with E-state index < -0.39 is 12.0 Å². The first kappa shape index (κ1) is 21.5. The maximum atomic E-state index is 12.0. The standard InChI is InChI=1S/C23H28ClNO4/c1-3-28-20-12-11-17(15-21(20)29-4-2)22(16-8-7-9-18(24)14-16)25-13-6-5-10-19(25)23(26)27/h7-9,11-12,14-15,19,22H,3-6,10,13H2,1-2H3,(H,26,27). The van der Waals surface area contributed by atoms with Gasteiger partial charge in [-0.25, -0.2) is 0 Å². The molecule has 2 aromatic rings. The Bertz CT molecular complexity index is 841. The molecule has 2 atom stereocenters. The molecule has 0 bridgehead atoms. The molecule has 2 aromatic carbocycles. The minimum absolute atomic E-state index is 0.231. The molecule has 0 aromatic heterocycles. The highest BCUT2D eigenvalue weighted by atomic mass is 35.5. The van der Waals surface area contributed by atoms with Gasteiger partial charge in [-0.3, -0.25) is 9.69 Å². The number of carboxylic acids is 1. The summed E-state index contributed by atoms with van der Waals surface area (Å²) in [6.07, 6.45) is 2.53. The Hall–Kier alpha value is -2.24. The van der Waals surface area contributed by atoms with Crippen LogP contribution in [0.5, 0.6) is 11.5 Å². The van der Waals surface area contributed by atoms with Crippen LogP contribution in [0.1, 0.15) is 50.3 Å². The molecule has 0 aliphatic carbocycles. The Morgan fingerprint density at radius 3 is 2.52 bits per heavy atom. The van der Waals surface area contributed by atoms with Crippen LogP contribution in [0.25, 0.3) is 0 Å². The van der Waals surface area contributed by atoms with Gasteiger partial charge in [-0.2, -0.15) is 0 Å². The Morgan fingerprint density at radius 1 is 1.10 bits per heavy atom. The number of hydrogen-bond acceptors (Lipinski definition) is 4. The summed E-state index contributed by atoms with van der Waals surface area (Å²) in [6.45, 7) is 5.65. The molecule has 1 N–H and O–H groups in total. The summed E-state index contributed by atoms with van der Waals surface area (Å²) in [6, 6.07) is 12.7. The zero-order valence-corrected chi connectivity index (χ0v) is 17.7. The van der Waals surface area contributed by atoms with Crippen molar-refractivity contribution in [3.63, 3.8) is 0 Å². The van der Waals surface area contributed by atoms with E-state index >= 15 is 0 Å². The third-order valence-electron chi connectivity index (χ3n) is 5.21. The van der Waals surface area contributed by atoms with Crippen molar-refractivity contribution < 1.29 is 19.4 Å². The van der Waals surface area contributed by atoms with E-state index in [1.165, 1.54) is 0 Å². The highest BCUT2D eigenvalue weighted by molar-refractivity contribution is 6.30. The highest BCUT2D eigenvalue weighted by Crippen LogP contribution is 2.39. The average Bonchev–Trinajstić information content (AvgIpc) is 2.71. The van der Waals surface area contributed by atoms with Crippen molar-refractivity contribution in [2.45, 2.75) is 45.2 Å². The molecule has 2 unspecified atom stereocenters. The van der Waals surface area contributed by atoms with Gasteiger partial charge in [-0.15, -0.1) is 0 Å². The van der Waals surface area contributed by atoms with E-state index in [0.29, 0.717) is 42.7 Å². The fourth-order valence-corrected chi connectivity index (χ4v) is 4.22. The van der Waals surface area contributed by atoms with Crippen LogP contribution in [0, 0.1) is 0 Å². The van der Waals surface area contributed by atoms with Crippen molar-refractivity contribution >= 4 is 17.6 Å². The molecule has 0 spiro atoms. The number of aliphatic carboxylic acids is 1. The van der Waals surface area contributed by atoms with Crippen molar-refractivity contribution in [1.82, 2.24) is 4.90 Å². The molecule has 6 heteroatoms. The zero-order valence-electron chi connectivity index (χ0n) is 16.9. The summed E-state index contributed by atoms with van der Waals surface area (Å²) in [5, 5.41) is 10.5. The van der Waals surface area contributed by atoms with Crippen molar-refractivity contribution in [1.29, 1.82) is 0 Å². The number of carbonyl (C=O) groups is 1. The number of ether oxygens (including phenoxy) is 2. The van der Waals surface area contributed by atoms with Gasteiger partial charge in [0.05, 0.1) is 19.3 Å². The number of nitrogens with zero attached hydrogens (tertiary/aromatic N) is 1. The van der Waals surface area contributed by atoms with Gasteiger partial charge in [0, 0.05) is 5.02 Å². The molecule has 0 radical (unpaired) electrons. The van der Waals surface area contributed by atoms with Gasteiger partial charge in [0.2, 0.25) is 0 Å². The topological polar surface area (TPSA) is 59.0 Å². The summed E-state index contributed by atoms with van der Waals surface area (Å²) in [7, 11) is 0. The molecular formula is C23H28ClNO4. The van der Waals surface area contributed by atoms with Crippen LogP contribution in [0.3, 0.4) is 0 Å². The molecule has 1 heterocycles. The number of likely N-dealkylation sites (tertiary alicyclic amines) is 1. The maximum absolute atomic E-state index is 12.0. The number of hydrogen-bond donors (Lipinski definition) is 1. The van der Waals surface area contributed by atoms with Gasteiger partial charge in [-0.05, 0) is 68.6 Å². The lowest BCUT2D eigenvalue weighted by Crippen LogP contribution is -2.46. The second-order valence-corrected chi connectivity index (χ2v) is 7.55. The van der Waals surface area contributed by atoms with Crippen LogP contribution < -0.4 is 9.47 Å². The summed E-state index contributed by atoms with van der Waals surface area (Å²) < 4.78 is 11.5. The Morgan fingerprint density at radius 2 is 1.83 bits per heavy atom. The predicted molar refractivity (Wildman–Crippen MR) is 114 cm³/mol. The Kier molecular flexibility index (Phi) is 7.40. The van der Waals surface area contributed by atoms with E-state index in [2.05, 4.69) is 4.90 Å². The van der Waals surface area contributed by atoms with E-state index in [1.807, 2.05) is 56.3 Å². The van der Waals surface area contributed by atoms with Crippen molar-refractivity contribution in [3.8, 4) is 11.5 Å². The number of rotatable bonds is 8. The fourth-order valence-electron chi connectivity index (χ4n) is 4.02. The lowest BCUT2D eigenvalue weighted by Gasteiger charge is -2.39. The molecular weight excluding hydrogens is 390 g/mol. The molecule has 0 amide bonds. The van der Waals surface area contributed by atoms with Crippen LogP contribution >= 0.6 is 11.6 Å².